The molecular formula is C15H15Cl2NO2. The Morgan fingerprint density at radius 1 is 1.05 bits per heavy atom. The lowest BCUT2D eigenvalue weighted by atomic mass is 10.0. The molecular weight excluding hydrogens is 297 g/mol. The molecule has 2 rings (SSSR count). The van der Waals surface area contributed by atoms with Gasteiger partial charge in [-0.2, -0.15) is 0 Å². The van der Waals surface area contributed by atoms with Crippen LogP contribution in [-0.2, 0) is 0 Å². The van der Waals surface area contributed by atoms with E-state index in [1.54, 1.807) is 36.7 Å². The van der Waals surface area contributed by atoms with Gasteiger partial charge in [0.25, 0.3) is 0 Å². The first-order valence-electron chi connectivity index (χ1n) is 6.22. The van der Waals surface area contributed by atoms with Crippen LogP contribution in [0.5, 0.6) is 5.75 Å². The van der Waals surface area contributed by atoms with E-state index in [0.29, 0.717) is 26.9 Å². The van der Waals surface area contributed by atoms with Crippen LogP contribution in [0.15, 0.2) is 36.7 Å². The van der Waals surface area contributed by atoms with Crippen LogP contribution >= 0.6 is 23.2 Å². The molecule has 0 fully saturated rings. The summed E-state index contributed by atoms with van der Waals surface area (Å²) in [6.07, 6.45) is 2.44. The highest BCUT2D eigenvalue weighted by molar-refractivity contribution is 6.42. The molecule has 2 aromatic rings. The number of aliphatic hydroxyl groups excluding tert-OH is 1. The van der Waals surface area contributed by atoms with Gasteiger partial charge < -0.3 is 9.84 Å². The molecule has 0 aliphatic rings. The Morgan fingerprint density at radius 2 is 1.80 bits per heavy atom. The van der Waals surface area contributed by atoms with Crippen molar-refractivity contribution in [2.24, 2.45) is 0 Å². The largest absolute Gasteiger partial charge is 0.489 e. The van der Waals surface area contributed by atoms with Crippen molar-refractivity contribution in [2.45, 2.75) is 26.1 Å². The van der Waals surface area contributed by atoms with Gasteiger partial charge in [0.1, 0.15) is 11.9 Å². The summed E-state index contributed by atoms with van der Waals surface area (Å²) < 4.78 is 5.56. The zero-order valence-corrected chi connectivity index (χ0v) is 12.7. The number of nitrogens with zero attached hydrogens (tertiary/aromatic N) is 1. The smallest absolute Gasteiger partial charge is 0.138 e. The van der Waals surface area contributed by atoms with Gasteiger partial charge in [-0.05, 0) is 37.6 Å². The zero-order valence-electron chi connectivity index (χ0n) is 11.2. The summed E-state index contributed by atoms with van der Waals surface area (Å²) >= 11 is 11.8. The number of pyridine rings is 1. The van der Waals surface area contributed by atoms with Crippen molar-refractivity contribution in [2.75, 3.05) is 0 Å². The maximum atomic E-state index is 10.4. The van der Waals surface area contributed by atoms with E-state index >= 15 is 0 Å². The molecule has 0 aliphatic heterocycles. The van der Waals surface area contributed by atoms with Gasteiger partial charge in [0.15, 0.2) is 0 Å². The molecule has 20 heavy (non-hydrogen) atoms. The number of hydrogen-bond acceptors (Lipinski definition) is 3. The molecule has 0 saturated heterocycles. The molecule has 1 atom stereocenters. The number of rotatable bonds is 4. The molecule has 0 bridgehead atoms. The first-order valence-corrected chi connectivity index (χ1v) is 6.97. The Hall–Kier alpha value is -1.29. The highest BCUT2D eigenvalue weighted by atomic mass is 35.5. The maximum absolute atomic E-state index is 10.4. The highest BCUT2D eigenvalue weighted by Crippen LogP contribution is 2.29. The predicted octanol–water partition coefficient (Wildman–Crippen LogP) is 4.26. The molecule has 0 radical (unpaired) electrons. The quantitative estimate of drug-likeness (QED) is 0.917. The molecule has 106 valence electrons. The lowest BCUT2D eigenvalue weighted by molar-refractivity contribution is 0.215. The summed E-state index contributed by atoms with van der Waals surface area (Å²) in [6, 6.07) is 6.80. The van der Waals surface area contributed by atoms with E-state index in [2.05, 4.69) is 4.98 Å². The first kappa shape index (κ1) is 15.1. The SMILES string of the molecule is CC(C)Oc1cncc(C(O)c2ccc(Cl)c(Cl)c2)c1. The minimum atomic E-state index is -0.826. The molecule has 1 N–H and O–H groups in total. The van der Waals surface area contributed by atoms with Crippen molar-refractivity contribution in [3.05, 3.63) is 57.8 Å². The van der Waals surface area contributed by atoms with Crippen molar-refractivity contribution in [3.63, 3.8) is 0 Å². The Balaban J connectivity index is 2.28. The molecule has 1 unspecified atom stereocenters. The minimum Gasteiger partial charge on any atom is -0.489 e. The van der Waals surface area contributed by atoms with Crippen molar-refractivity contribution in [1.29, 1.82) is 0 Å². The monoisotopic (exact) mass is 311 g/mol. The van der Waals surface area contributed by atoms with E-state index in [9.17, 15) is 5.11 Å². The Morgan fingerprint density at radius 3 is 2.45 bits per heavy atom. The number of hydrogen-bond donors (Lipinski definition) is 1. The molecule has 0 aliphatic carbocycles. The predicted molar refractivity (Wildman–Crippen MR) is 80.5 cm³/mol. The van der Waals surface area contributed by atoms with Gasteiger partial charge in [-0.3, -0.25) is 4.98 Å². The van der Waals surface area contributed by atoms with E-state index in [4.69, 9.17) is 27.9 Å². The fourth-order valence-corrected chi connectivity index (χ4v) is 2.10. The Labute approximate surface area is 128 Å². The van der Waals surface area contributed by atoms with Gasteiger partial charge in [0, 0.05) is 11.8 Å². The van der Waals surface area contributed by atoms with Gasteiger partial charge >= 0.3 is 0 Å². The summed E-state index contributed by atoms with van der Waals surface area (Å²) in [4.78, 5) is 4.08. The second-order valence-corrected chi connectivity index (χ2v) is 5.51. The van der Waals surface area contributed by atoms with Crippen molar-refractivity contribution in [3.8, 4) is 5.75 Å². The summed E-state index contributed by atoms with van der Waals surface area (Å²) in [5.41, 5.74) is 1.30. The third-order valence-corrected chi connectivity index (χ3v) is 3.42. The summed E-state index contributed by atoms with van der Waals surface area (Å²) in [7, 11) is 0. The number of aliphatic hydroxyl groups is 1. The molecule has 0 saturated carbocycles. The third-order valence-electron chi connectivity index (χ3n) is 2.68. The van der Waals surface area contributed by atoms with E-state index < -0.39 is 6.10 Å². The van der Waals surface area contributed by atoms with E-state index in [1.165, 1.54) is 0 Å². The second-order valence-electron chi connectivity index (χ2n) is 4.70. The normalized spacial score (nSPS) is 12.5. The number of benzene rings is 1. The van der Waals surface area contributed by atoms with Gasteiger partial charge in [-0.15, -0.1) is 0 Å². The molecule has 5 heteroatoms. The van der Waals surface area contributed by atoms with Crippen molar-refractivity contribution < 1.29 is 9.84 Å². The summed E-state index contributed by atoms with van der Waals surface area (Å²) in [5, 5.41) is 11.2. The third kappa shape index (κ3) is 3.63. The van der Waals surface area contributed by atoms with Gasteiger partial charge in [0.05, 0.1) is 22.3 Å². The van der Waals surface area contributed by atoms with Gasteiger partial charge in [-0.1, -0.05) is 29.3 Å². The zero-order chi connectivity index (χ0) is 14.7. The Bertz CT molecular complexity index is 602. The molecule has 1 aromatic heterocycles. The number of halogens is 2. The molecule has 0 amide bonds. The van der Waals surface area contributed by atoms with Gasteiger partial charge in [-0.25, -0.2) is 0 Å². The fraction of sp³-hybridized carbons (Fsp3) is 0.267. The van der Waals surface area contributed by atoms with Crippen LogP contribution < -0.4 is 4.74 Å². The average Bonchev–Trinajstić information content (AvgIpc) is 2.40. The maximum Gasteiger partial charge on any atom is 0.138 e. The standard InChI is InChI=1S/C15H15Cl2NO2/c1-9(2)20-12-5-11(7-18-8-12)15(19)10-3-4-13(16)14(17)6-10/h3-9,15,19H,1-2H3. The fourth-order valence-electron chi connectivity index (χ4n) is 1.80. The molecule has 1 heterocycles. The van der Waals surface area contributed by atoms with E-state index in [1.807, 2.05) is 13.8 Å². The van der Waals surface area contributed by atoms with Crippen LogP contribution in [0.25, 0.3) is 0 Å². The van der Waals surface area contributed by atoms with E-state index in [0.717, 1.165) is 0 Å². The van der Waals surface area contributed by atoms with Crippen LogP contribution in [0.1, 0.15) is 31.1 Å². The molecule has 3 nitrogen and oxygen atoms in total. The van der Waals surface area contributed by atoms with Crippen LogP contribution in [0.2, 0.25) is 10.0 Å². The molecule has 1 aromatic carbocycles. The average molecular weight is 312 g/mol. The van der Waals surface area contributed by atoms with Crippen LogP contribution in [0.3, 0.4) is 0 Å². The topological polar surface area (TPSA) is 42.4 Å². The minimum absolute atomic E-state index is 0.0502. The summed E-state index contributed by atoms with van der Waals surface area (Å²) in [6.45, 7) is 3.87. The Kier molecular flexibility index (Phi) is 4.86. The van der Waals surface area contributed by atoms with E-state index in [-0.39, 0.29) is 6.10 Å². The second kappa shape index (κ2) is 6.44. The van der Waals surface area contributed by atoms with Crippen LogP contribution in [-0.4, -0.2) is 16.2 Å². The highest BCUT2D eigenvalue weighted by Gasteiger charge is 2.13. The molecule has 0 spiro atoms. The van der Waals surface area contributed by atoms with Crippen LogP contribution in [0.4, 0.5) is 0 Å². The number of ether oxygens (including phenoxy) is 1. The lowest BCUT2D eigenvalue weighted by Crippen LogP contribution is -2.07. The summed E-state index contributed by atoms with van der Waals surface area (Å²) in [5.74, 6) is 0.622. The van der Waals surface area contributed by atoms with Crippen molar-refractivity contribution >= 4 is 23.2 Å². The number of aromatic nitrogens is 1. The van der Waals surface area contributed by atoms with Crippen molar-refractivity contribution in [1.82, 2.24) is 4.98 Å². The lowest BCUT2D eigenvalue weighted by Gasteiger charge is -2.14. The van der Waals surface area contributed by atoms with Crippen LogP contribution in [0, 0.1) is 0 Å². The first-order chi connectivity index (χ1) is 9.47. The van der Waals surface area contributed by atoms with Gasteiger partial charge in [0.2, 0.25) is 0 Å².